The Morgan fingerprint density at radius 2 is 2.17 bits per heavy atom. The maximum atomic E-state index is 10.2. The molecule has 0 bridgehead atoms. The number of nitrogens with zero attached hydrogens (tertiary/aromatic N) is 1. The van der Waals surface area contributed by atoms with Crippen LogP contribution in [0.5, 0.6) is 5.75 Å². The smallest absolute Gasteiger partial charge is 0.157 e. The van der Waals surface area contributed by atoms with Crippen molar-refractivity contribution < 1.29 is 13.9 Å². The second-order valence-corrected chi connectivity index (χ2v) is 4.55. The normalized spacial score (nSPS) is 9.78. The van der Waals surface area contributed by atoms with Crippen molar-refractivity contribution >= 4 is 6.29 Å². The van der Waals surface area contributed by atoms with Crippen LogP contribution in [0, 0.1) is 0 Å². The fraction of sp³-hybridized carbons (Fsp3) is 0.176. The van der Waals surface area contributed by atoms with Gasteiger partial charge in [-0.3, -0.25) is 4.79 Å². The Labute approximate surface area is 134 Å². The monoisotopic (exact) mass is 313 g/mol. The lowest BCUT2D eigenvalue weighted by atomic mass is 10.1. The first kappa shape index (κ1) is 16.5. The summed E-state index contributed by atoms with van der Waals surface area (Å²) in [5.41, 5.74) is 1.77. The standard InChI is InChI=1S/C11H10N2O2.C6H9NO/c14-5-6-15-11-4-2-1-3-9(11)10-7-12-8-13-10;1-7-5-6-3-2-4-8-6/h1-5,7-8H,6H2,(H,12,13);2-4,7H,5H2,1H3. The molecule has 6 heteroatoms. The first-order chi connectivity index (χ1) is 11.3. The second kappa shape index (κ2) is 9.22. The molecule has 3 aromatic rings. The van der Waals surface area contributed by atoms with Crippen LogP contribution in [0.1, 0.15) is 5.76 Å². The predicted octanol–water partition coefficient (Wildman–Crippen LogP) is 2.65. The Hall–Kier alpha value is -2.86. The number of aromatic nitrogens is 2. The van der Waals surface area contributed by atoms with Crippen LogP contribution < -0.4 is 10.1 Å². The molecule has 0 aliphatic rings. The van der Waals surface area contributed by atoms with E-state index in [0.29, 0.717) is 5.75 Å². The van der Waals surface area contributed by atoms with Crippen molar-refractivity contribution in [2.45, 2.75) is 6.54 Å². The summed E-state index contributed by atoms with van der Waals surface area (Å²) in [7, 11) is 1.89. The van der Waals surface area contributed by atoms with Crippen LogP contribution in [-0.4, -0.2) is 29.9 Å². The zero-order chi connectivity index (χ0) is 16.3. The molecule has 23 heavy (non-hydrogen) atoms. The number of carbonyl (C=O) groups is 1. The first-order valence-electron chi connectivity index (χ1n) is 7.16. The van der Waals surface area contributed by atoms with Gasteiger partial charge < -0.3 is 19.5 Å². The van der Waals surface area contributed by atoms with Gasteiger partial charge in [0.15, 0.2) is 6.29 Å². The molecule has 2 heterocycles. The van der Waals surface area contributed by atoms with E-state index in [2.05, 4.69) is 15.3 Å². The average Bonchev–Trinajstić information content (AvgIpc) is 3.28. The molecular weight excluding hydrogens is 294 g/mol. The topological polar surface area (TPSA) is 80.2 Å². The van der Waals surface area contributed by atoms with Gasteiger partial charge >= 0.3 is 0 Å². The van der Waals surface area contributed by atoms with Crippen molar-refractivity contribution in [2.75, 3.05) is 13.7 Å². The van der Waals surface area contributed by atoms with Gasteiger partial charge in [0.2, 0.25) is 0 Å². The first-order valence-corrected chi connectivity index (χ1v) is 7.16. The number of carbonyl (C=O) groups excluding carboxylic acids is 1. The maximum absolute atomic E-state index is 10.2. The van der Waals surface area contributed by atoms with Crippen molar-refractivity contribution in [2.24, 2.45) is 0 Å². The van der Waals surface area contributed by atoms with Gasteiger partial charge in [-0.2, -0.15) is 0 Å². The van der Waals surface area contributed by atoms with Crippen LogP contribution in [0.15, 0.2) is 59.6 Å². The largest absolute Gasteiger partial charge is 0.485 e. The third-order valence-electron chi connectivity index (χ3n) is 2.91. The van der Waals surface area contributed by atoms with Crippen LogP contribution in [0.2, 0.25) is 0 Å². The summed E-state index contributed by atoms with van der Waals surface area (Å²) in [6.07, 6.45) is 5.71. The highest BCUT2D eigenvalue weighted by Gasteiger charge is 2.05. The van der Waals surface area contributed by atoms with Crippen molar-refractivity contribution in [3.05, 3.63) is 60.9 Å². The number of hydrogen-bond acceptors (Lipinski definition) is 5. The number of benzene rings is 1. The van der Waals surface area contributed by atoms with Gasteiger partial charge in [0, 0.05) is 5.56 Å². The molecule has 0 radical (unpaired) electrons. The second-order valence-electron chi connectivity index (χ2n) is 4.55. The number of aromatic amines is 1. The van der Waals surface area contributed by atoms with Gasteiger partial charge in [0.05, 0.1) is 31.0 Å². The van der Waals surface area contributed by atoms with Gasteiger partial charge in [0.1, 0.15) is 18.1 Å². The quantitative estimate of drug-likeness (QED) is 0.684. The SMILES string of the molecule is CNCc1ccco1.O=CCOc1ccccc1-c1cnc[nH]1. The average molecular weight is 313 g/mol. The molecule has 2 N–H and O–H groups in total. The highest BCUT2D eigenvalue weighted by Crippen LogP contribution is 2.27. The zero-order valence-corrected chi connectivity index (χ0v) is 12.9. The van der Waals surface area contributed by atoms with Crippen molar-refractivity contribution in [1.29, 1.82) is 0 Å². The molecule has 0 atom stereocenters. The number of aldehydes is 1. The van der Waals surface area contributed by atoms with Crippen LogP contribution >= 0.6 is 0 Å². The summed E-state index contributed by atoms with van der Waals surface area (Å²) in [4.78, 5) is 17.2. The molecule has 0 unspecified atom stereocenters. The number of rotatable bonds is 6. The fourth-order valence-electron chi connectivity index (χ4n) is 1.93. The molecule has 0 saturated heterocycles. The van der Waals surface area contributed by atoms with Crippen LogP contribution in [0.25, 0.3) is 11.3 Å². The highest BCUT2D eigenvalue weighted by atomic mass is 16.5. The Balaban J connectivity index is 0.000000203. The Kier molecular flexibility index (Phi) is 6.62. The van der Waals surface area contributed by atoms with E-state index in [1.54, 1.807) is 18.8 Å². The Morgan fingerprint density at radius 1 is 1.30 bits per heavy atom. The van der Waals surface area contributed by atoms with Crippen molar-refractivity contribution in [3.8, 4) is 17.0 Å². The third kappa shape index (κ3) is 5.12. The minimum atomic E-state index is 0.0607. The molecular formula is C17H19N3O3. The van der Waals surface area contributed by atoms with Gasteiger partial charge in [0.25, 0.3) is 0 Å². The van der Waals surface area contributed by atoms with E-state index in [1.165, 1.54) is 0 Å². The summed E-state index contributed by atoms with van der Waals surface area (Å²) in [6.45, 7) is 0.873. The molecule has 0 fully saturated rings. The number of furan rings is 1. The molecule has 1 aromatic carbocycles. The minimum absolute atomic E-state index is 0.0607. The molecule has 6 nitrogen and oxygen atoms in total. The number of imidazole rings is 1. The lowest BCUT2D eigenvalue weighted by molar-refractivity contribution is -0.109. The van der Waals surface area contributed by atoms with Gasteiger partial charge in [-0.1, -0.05) is 12.1 Å². The van der Waals surface area contributed by atoms with E-state index in [0.717, 1.165) is 29.8 Å². The third-order valence-corrected chi connectivity index (χ3v) is 2.91. The van der Waals surface area contributed by atoms with E-state index in [1.807, 2.05) is 43.4 Å². The van der Waals surface area contributed by atoms with Crippen molar-refractivity contribution in [3.63, 3.8) is 0 Å². The molecule has 0 amide bonds. The lowest BCUT2D eigenvalue weighted by Gasteiger charge is -2.07. The molecule has 2 aromatic heterocycles. The summed E-state index contributed by atoms with van der Waals surface area (Å²) >= 11 is 0. The molecule has 0 saturated carbocycles. The number of hydrogen-bond donors (Lipinski definition) is 2. The van der Waals surface area contributed by atoms with Crippen LogP contribution in [-0.2, 0) is 11.3 Å². The van der Waals surface area contributed by atoms with E-state index in [4.69, 9.17) is 9.15 Å². The van der Waals surface area contributed by atoms with E-state index in [9.17, 15) is 4.79 Å². The molecule has 0 aliphatic carbocycles. The van der Waals surface area contributed by atoms with E-state index >= 15 is 0 Å². The highest BCUT2D eigenvalue weighted by molar-refractivity contribution is 5.66. The fourth-order valence-corrected chi connectivity index (χ4v) is 1.93. The van der Waals surface area contributed by atoms with E-state index < -0.39 is 0 Å². The Bertz CT molecular complexity index is 679. The molecule has 0 aliphatic heterocycles. The summed E-state index contributed by atoms with van der Waals surface area (Å²) < 4.78 is 10.3. The van der Waals surface area contributed by atoms with Crippen LogP contribution in [0.4, 0.5) is 0 Å². The van der Waals surface area contributed by atoms with Gasteiger partial charge in [-0.05, 0) is 31.3 Å². The molecule has 0 spiro atoms. The Morgan fingerprint density at radius 3 is 2.83 bits per heavy atom. The van der Waals surface area contributed by atoms with Gasteiger partial charge in [-0.25, -0.2) is 4.98 Å². The zero-order valence-electron chi connectivity index (χ0n) is 12.9. The summed E-state index contributed by atoms with van der Waals surface area (Å²) in [6, 6.07) is 11.3. The lowest BCUT2D eigenvalue weighted by Crippen LogP contribution is -2.03. The summed E-state index contributed by atoms with van der Waals surface area (Å²) in [5.74, 6) is 1.65. The predicted molar refractivity (Wildman–Crippen MR) is 87.1 cm³/mol. The maximum Gasteiger partial charge on any atom is 0.157 e. The van der Waals surface area contributed by atoms with Gasteiger partial charge in [-0.15, -0.1) is 0 Å². The summed E-state index contributed by atoms with van der Waals surface area (Å²) in [5, 5.41) is 2.98. The number of nitrogens with one attached hydrogen (secondary N) is 2. The van der Waals surface area contributed by atoms with Crippen molar-refractivity contribution in [1.82, 2.24) is 15.3 Å². The number of H-pyrrole nitrogens is 1. The molecule has 3 rings (SSSR count). The minimum Gasteiger partial charge on any atom is -0.485 e. The van der Waals surface area contributed by atoms with E-state index in [-0.39, 0.29) is 6.61 Å². The number of para-hydroxylation sites is 1. The number of ether oxygens (including phenoxy) is 1. The van der Waals surface area contributed by atoms with Crippen LogP contribution in [0.3, 0.4) is 0 Å². The molecule has 120 valence electrons.